The van der Waals surface area contributed by atoms with Crippen molar-refractivity contribution in [1.82, 2.24) is 4.98 Å². The molecule has 1 aromatic carbocycles. The molecule has 4 N–H and O–H groups in total. The number of nitrogens with two attached hydrogens (primary N) is 1. The van der Waals surface area contributed by atoms with E-state index in [1.807, 2.05) is 25.1 Å². The summed E-state index contributed by atoms with van der Waals surface area (Å²) >= 11 is 6.09. The van der Waals surface area contributed by atoms with E-state index in [0.29, 0.717) is 18.0 Å². The number of halogens is 1. The first kappa shape index (κ1) is 11.5. The summed E-state index contributed by atoms with van der Waals surface area (Å²) in [5.74, 6) is 0. The highest BCUT2D eigenvalue weighted by Gasteiger charge is 2.16. The highest BCUT2D eigenvalue weighted by Crippen LogP contribution is 2.32. The SMILES string of the molecule is Cc1[nH]c2c(Cl)cccc2c1C(O)CCN. The second-order valence-electron chi connectivity index (χ2n) is 3.92. The van der Waals surface area contributed by atoms with Gasteiger partial charge in [0, 0.05) is 16.6 Å². The van der Waals surface area contributed by atoms with Crippen molar-refractivity contribution in [2.75, 3.05) is 6.54 Å². The molecule has 3 nitrogen and oxygen atoms in total. The Labute approximate surface area is 99.2 Å². The van der Waals surface area contributed by atoms with Crippen LogP contribution in [0.5, 0.6) is 0 Å². The predicted molar refractivity (Wildman–Crippen MR) is 66.7 cm³/mol. The van der Waals surface area contributed by atoms with Gasteiger partial charge in [-0.1, -0.05) is 23.7 Å². The van der Waals surface area contributed by atoms with Crippen molar-refractivity contribution in [1.29, 1.82) is 0 Å². The van der Waals surface area contributed by atoms with Gasteiger partial charge in [0.2, 0.25) is 0 Å². The zero-order chi connectivity index (χ0) is 11.7. The van der Waals surface area contributed by atoms with Crippen LogP contribution in [0.25, 0.3) is 10.9 Å². The first-order valence-corrected chi connectivity index (χ1v) is 5.67. The molecule has 1 aromatic heterocycles. The number of aryl methyl sites for hydroxylation is 1. The van der Waals surface area contributed by atoms with Gasteiger partial charge in [-0.2, -0.15) is 0 Å². The van der Waals surface area contributed by atoms with Crippen LogP contribution in [0.3, 0.4) is 0 Å². The average Bonchev–Trinajstić information content (AvgIpc) is 2.56. The van der Waals surface area contributed by atoms with E-state index in [0.717, 1.165) is 22.2 Å². The van der Waals surface area contributed by atoms with Gasteiger partial charge >= 0.3 is 0 Å². The lowest BCUT2D eigenvalue weighted by molar-refractivity contribution is 0.171. The van der Waals surface area contributed by atoms with Gasteiger partial charge in [0.1, 0.15) is 0 Å². The summed E-state index contributed by atoms with van der Waals surface area (Å²) in [6.45, 7) is 2.40. The van der Waals surface area contributed by atoms with Gasteiger partial charge in [-0.3, -0.25) is 0 Å². The monoisotopic (exact) mass is 238 g/mol. The van der Waals surface area contributed by atoms with Crippen molar-refractivity contribution in [3.05, 3.63) is 34.5 Å². The lowest BCUT2D eigenvalue weighted by Gasteiger charge is -2.09. The molecular formula is C12H15ClN2O. The molecular weight excluding hydrogens is 224 g/mol. The summed E-state index contributed by atoms with van der Waals surface area (Å²) in [6.07, 6.45) is 0.0255. The van der Waals surface area contributed by atoms with Gasteiger partial charge in [0.15, 0.2) is 0 Å². The topological polar surface area (TPSA) is 62.0 Å². The Balaban J connectivity index is 2.60. The lowest BCUT2D eigenvalue weighted by atomic mass is 10.0. The van der Waals surface area contributed by atoms with Gasteiger partial charge in [-0.05, 0) is 26.0 Å². The quantitative estimate of drug-likeness (QED) is 0.770. The largest absolute Gasteiger partial charge is 0.388 e. The molecule has 0 amide bonds. The van der Waals surface area contributed by atoms with E-state index in [2.05, 4.69) is 4.98 Å². The number of H-pyrrole nitrogens is 1. The Morgan fingerprint density at radius 2 is 2.25 bits per heavy atom. The van der Waals surface area contributed by atoms with E-state index in [9.17, 15) is 5.11 Å². The molecule has 1 heterocycles. The molecule has 0 bridgehead atoms. The van der Waals surface area contributed by atoms with Gasteiger partial charge in [-0.15, -0.1) is 0 Å². The fraction of sp³-hybridized carbons (Fsp3) is 0.333. The number of aliphatic hydroxyl groups excluding tert-OH is 1. The maximum Gasteiger partial charge on any atom is 0.0825 e. The van der Waals surface area contributed by atoms with Gasteiger partial charge in [0.25, 0.3) is 0 Å². The van der Waals surface area contributed by atoms with Crippen LogP contribution in [0.4, 0.5) is 0 Å². The van der Waals surface area contributed by atoms with E-state index in [4.69, 9.17) is 17.3 Å². The van der Waals surface area contributed by atoms with Crippen molar-refractivity contribution in [2.24, 2.45) is 5.73 Å². The van der Waals surface area contributed by atoms with Crippen molar-refractivity contribution in [3.8, 4) is 0 Å². The molecule has 0 spiro atoms. The summed E-state index contributed by atoms with van der Waals surface area (Å²) in [5.41, 5.74) is 8.20. The van der Waals surface area contributed by atoms with Crippen molar-refractivity contribution in [3.63, 3.8) is 0 Å². The third kappa shape index (κ3) is 1.82. The molecule has 1 atom stereocenters. The first-order chi connectivity index (χ1) is 7.65. The van der Waals surface area contributed by atoms with Gasteiger partial charge < -0.3 is 15.8 Å². The molecule has 0 saturated heterocycles. The molecule has 2 rings (SSSR count). The number of hydrogen-bond donors (Lipinski definition) is 3. The van der Waals surface area contributed by atoms with E-state index < -0.39 is 6.10 Å². The van der Waals surface area contributed by atoms with Crippen LogP contribution < -0.4 is 5.73 Å². The molecule has 0 radical (unpaired) electrons. The van der Waals surface area contributed by atoms with Crippen LogP contribution >= 0.6 is 11.6 Å². The zero-order valence-electron chi connectivity index (χ0n) is 9.13. The van der Waals surface area contributed by atoms with E-state index in [1.54, 1.807) is 0 Å². The fourth-order valence-electron chi connectivity index (χ4n) is 2.06. The molecule has 2 aromatic rings. The van der Waals surface area contributed by atoms with Crippen LogP contribution in [0, 0.1) is 6.92 Å². The summed E-state index contributed by atoms with van der Waals surface area (Å²) in [4.78, 5) is 3.20. The number of hydrogen-bond acceptors (Lipinski definition) is 2. The van der Waals surface area contributed by atoms with Crippen molar-refractivity contribution in [2.45, 2.75) is 19.4 Å². The van der Waals surface area contributed by atoms with Crippen molar-refractivity contribution >= 4 is 22.5 Å². The minimum Gasteiger partial charge on any atom is -0.388 e. The third-order valence-electron chi connectivity index (χ3n) is 2.79. The van der Waals surface area contributed by atoms with Gasteiger partial charge in [-0.25, -0.2) is 0 Å². The number of nitrogens with one attached hydrogen (secondary N) is 1. The third-order valence-corrected chi connectivity index (χ3v) is 3.11. The fourth-order valence-corrected chi connectivity index (χ4v) is 2.29. The smallest absolute Gasteiger partial charge is 0.0825 e. The lowest BCUT2D eigenvalue weighted by Crippen LogP contribution is -2.07. The zero-order valence-corrected chi connectivity index (χ0v) is 9.88. The number of aromatic amines is 1. The minimum absolute atomic E-state index is 0.466. The highest BCUT2D eigenvalue weighted by molar-refractivity contribution is 6.35. The number of para-hydroxylation sites is 1. The molecule has 0 saturated carbocycles. The number of aromatic nitrogens is 1. The Morgan fingerprint density at radius 3 is 2.94 bits per heavy atom. The molecule has 0 aliphatic carbocycles. The van der Waals surface area contributed by atoms with E-state index in [1.165, 1.54) is 0 Å². The number of aliphatic hydroxyl groups is 1. The van der Waals surface area contributed by atoms with Crippen LogP contribution in [-0.4, -0.2) is 16.6 Å². The Bertz CT molecular complexity index is 507. The Kier molecular flexibility index (Phi) is 3.19. The molecule has 0 aliphatic heterocycles. The second-order valence-corrected chi connectivity index (χ2v) is 4.33. The maximum absolute atomic E-state index is 10.0. The Hall–Kier alpha value is -1.03. The number of fused-ring (bicyclic) bond motifs is 1. The Morgan fingerprint density at radius 1 is 1.50 bits per heavy atom. The minimum atomic E-state index is -0.530. The molecule has 86 valence electrons. The summed E-state index contributed by atoms with van der Waals surface area (Å²) in [6, 6.07) is 5.68. The standard InChI is InChI=1S/C12H15ClN2O/c1-7-11(10(16)5-6-14)8-3-2-4-9(13)12(8)15-7/h2-4,10,15-16H,5-6,14H2,1H3. The van der Waals surface area contributed by atoms with Crippen LogP contribution in [0.2, 0.25) is 5.02 Å². The molecule has 16 heavy (non-hydrogen) atoms. The molecule has 4 heteroatoms. The predicted octanol–water partition coefficient (Wildman–Crippen LogP) is 2.51. The first-order valence-electron chi connectivity index (χ1n) is 5.30. The molecule has 0 fully saturated rings. The summed E-state index contributed by atoms with van der Waals surface area (Å²) in [5, 5.41) is 11.7. The molecule has 1 unspecified atom stereocenters. The van der Waals surface area contributed by atoms with Gasteiger partial charge in [0.05, 0.1) is 16.6 Å². The second kappa shape index (κ2) is 4.45. The highest BCUT2D eigenvalue weighted by atomic mass is 35.5. The van der Waals surface area contributed by atoms with E-state index >= 15 is 0 Å². The van der Waals surface area contributed by atoms with Crippen LogP contribution in [-0.2, 0) is 0 Å². The summed E-state index contributed by atoms with van der Waals surface area (Å²) < 4.78 is 0. The van der Waals surface area contributed by atoms with Crippen molar-refractivity contribution < 1.29 is 5.11 Å². The van der Waals surface area contributed by atoms with Crippen LogP contribution in [0.15, 0.2) is 18.2 Å². The van der Waals surface area contributed by atoms with E-state index in [-0.39, 0.29) is 0 Å². The molecule has 0 aliphatic rings. The number of rotatable bonds is 3. The number of benzene rings is 1. The normalized spacial score (nSPS) is 13.2. The maximum atomic E-state index is 10.0. The van der Waals surface area contributed by atoms with Crippen LogP contribution in [0.1, 0.15) is 23.8 Å². The average molecular weight is 239 g/mol. The summed E-state index contributed by atoms with van der Waals surface area (Å²) in [7, 11) is 0.